The molecular formula is C19H16BrFO4. The Morgan fingerprint density at radius 2 is 2.08 bits per heavy atom. The predicted molar refractivity (Wildman–Crippen MR) is 95.0 cm³/mol. The highest BCUT2D eigenvalue weighted by molar-refractivity contribution is 9.10. The molecule has 0 spiro atoms. The Kier molecular flexibility index (Phi) is 5.38. The van der Waals surface area contributed by atoms with E-state index in [-0.39, 0.29) is 19.0 Å². The molecule has 0 aliphatic rings. The molecule has 0 amide bonds. The van der Waals surface area contributed by atoms with Gasteiger partial charge in [0.15, 0.2) is 0 Å². The van der Waals surface area contributed by atoms with Crippen molar-refractivity contribution >= 4 is 32.9 Å². The van der Waals surface area contributed by atoms with Gasteiger partial charge in [-0.25, -0.2) is 4.39 Å². The normalized spacial score (nSPS) is 10.8. The molecule has 0 radical (unpaired) electrons. The van der Waals surface area contributed by atoms with E-state index in [0.29, 0.717) is 17.9 Å². The molecule has 4 nitrogen and oxygen atoms in total. The second kappa shape index (κ2) is 7.70. The number of hydrogen-bond donors (Lipinski definition) is 0. The average Bonchev–Trinajstić information content (AvgIpc) is 3.04. The molecule has 1 heterocycles. The van der Waals surface area contributed by atoms with Gasteiger partial charge in [-0.3, -0.25) is 4.79 Å². The number of carbonyl (C=O) groups is 1. The molecule has 0 unspecified atom stereocenters. The lowest BCUT2D eigenvalue weighted by Crippen LogP contribution is -2.09. The number of ether oxygens (including phenoxy) is 2. The zero-order valence-electron chi connectivity index (χ0n) is 13.6. The van der Waals surface area contributed by atoms with Crippen LogP contribution in [0.25, 0.3) is 11.0 Å². The first-order valence-corrected chi connectivity index (χ1v) is 8.58. The Morgan fingerprint density at radius 1 is 1.24 bits per heavy atom. The molecule has 2 aromatic carbocycles. The van der Waals surface area contributed by atoms with Gasteiger partial charge in [-0.1, -0.05) is 6.07 Å². The largest absolute Gasteiger partial charge is 0.488 e. The van der Waals surface area contributed by atoms with Crippen molar-refractivity contribution in [2.45, 2.75) is 20.0 Å². The third kappa shape index (κ3) is 4.20. The van der Waals surface area contributed by atoms with Gasteiger partial charge in [-0.15, -0.1) is 0 Å². The van der Waals surface area contributed by atoms with Crippen LogP contribution >= 0.6 is 15.9 Å². The summed E-state index contributed by atoms with van der Waals surface area (Å²) in [6.07, 6.45) is 1.65. The molecule has 0 saturated carbocycles. The summed E-state index contributed by atoms with van der Waals surface area (Å²) >= 11 is 3.46. The molecule has 0 saturated heterocycles. The molecule has 0 atom stereocenters. The van der Waals surface area contributed by atoms with Crippen LogP contribution in [-0.4, -0.2) is 12.6 Å². The molecular weight excluding hydrogens is 391 g/mol. The minimum atomic E-state index is -0.422. The summed E-state index contributed by atoms with van der Waals surface area (Å²) in [6.45, 7) is 2.28. The van der Waals surface area contributed by atoms with Gasteiger partial charge in [0.25, 0.3) is 0 Å². The van der Waals surface area contributed by atoms with E-state index in [4.69, 9.17) is 13.9 Å². The third-order valence-electron chi connectivity index (χ3n) is 3.63. The number of hydrogen-bond acceptors (Lipinski definition) is 4. The fourth-order valence-corrected chi connectivity index (χ4v) is 3.13. The summed E-state index contributed by atoms with van der Waals surface area (Å²) in [5, 5.41) is 0.943. The van der Waals surface area contributed by atoms with Gasteiger partial charge in [-0.2, -0.15) is 0 Å². The van der Waals surface area contributed by atoms with Crippen molar-refractivity contribution in [3.8, 4) is 5.75 Å². The first-order valence-electron chi connectivity index (χ1n) is 7.79. The first-order chi connectivity index (χ1) is 12.1. The molecule has 6 heteroatoms. The van der Waals surface area contributed by atoms with Crippen molar-refractivity contribution in [2.75, 3.05) is 6.61 Å². The van der Waals surface area contributed by atoms with Crippen LogP contribution in [0, 0.1) is 5.82 Å². The number of carbonyl (C=O) groups excluding carboxylic acids is 1. The van der Waals surface area contributed by atoms with Crippen LogP contribution in [-0.2, 0) is 22.6 Å². The van der Waals surface area contributed by atoms with Crippen LogP contribution in [0.1, 0.15) is 18.1 Å². The van der Waals surface area contributed by atoms with Crippen molar-refractivity contribution < 1.29 is 23.1 Å². The fraction of sp³-hybridized carbons (Fsp3) is 0.211. The smallest absolute Gasteiger partial charge is 0.310 e. The zero-order chi connectivity index (χ0) is 17.8. The van der Waals surface area contributed by atoms with Gasteiger partial charge in [0.05, 0.1) is 23.8 Å². The molecule has 0 fully saturated rings. The lowest BCUT2D eigenvalue weighted by Gasteiger charge is -2.12. The van der Waals surface area contributed by atoms with Crippen LogP contribution in [0.2, 0.25) is 0 Å². The van der Waals surface area contributed by atoms with Crippen molar-refractivity contribution in [1.29, 1.82) is 0 Å². The van der Waals surface area contributed by atoms with Crippen molar-refractivity contribution in [1.82, 2.24) is 0 Å². The van der Waals surface area contributed by atoms with Gasteiger partial charge in [-0.05, 0) is 52.7 Å². The Morgan fingerprint density at radius 3 is 2.88 bits per heavy atom. The molecule has 130 valence electrons. The Balaban J connectivity index is 1.79. The Bertz CT molecular complexity index is 904. The summed E-state index contributed by atoms with van der Waals surface area (Å²) in [5.41, 5.74) is 2.24. The van der Waals surface area contributed by atoms with E-state index in [1.807, 2.05) is 18.2 Å². The number of esters is 1. The van der Waals surface area contributed by atoms with Crippen LogP contribution in [0.15, 0.2) is 51.6 Å². The van der Waals surface area contributed by atoms with E-state index in [1.54, 1.807) is 13.2 Å². The van der Waals surface area contributed by atoms with E-state index in [9.17, 15) is 9.18 Å². The topological polar surface area (TPSA) is 48.7 Å². The second-order valence-corrected chi connectivity index (χ2v) is 6.29. The quantitative estimate of drug-likeness (QED) is 0.539. The van der Waals surface area contributed by atoms with E-state index in [0.717, 1.165) is 21.0 Å². The summed E-state index contributed by atoms with van der Waals surface area (Å²) in [7, 11) is 0. The molecule has 3 rings (SSSR count). The van der Waals surface area contributed by atoms with Gasteiger partial charge in [0.2, 0.25) is 0 Å². The van der Waals surface area contributed by atoms with Crippen molar-refractivity contribution in [3.05, 3.63) is 64.1 Å². The molecule has 0 bridgehead atoms. The maximum Gasteiger partial charge on any atom is 0.310 e. The molecule has 3 aromatic rings. The number of rotatable bonds is 6. The third-order valence-corrected chi connectivity index (χ3v) is 4.22. The van der Waals surface area contributed by atoms with Crippen LogP contribution in [0.5, 0.6) is 5.75 Å². The van der Waals surface area contributed by atoms with E-state index < -0.39 is 5.82 Å². The Hall–Kier alpha value is -2.34. The standard InChI is InChI=1S/C19H16BrFO4/c1-2-23-18(22)9-13-3-4-15(21)10-17(13)25-11-12-7-14-5-6-24-19(14)16(20)8-12/h3-8,10H,2,9,11H2,1H3. The van der Waals surface area contributed by atoms with Crippen molar-refractivity contribution in [3.63, 3.8) is 0 Å². The van der Waals surface area contributed by atoms with Gasteiger partial charge >= 0.3 is 5.97 Å². The maximum atomic E-state index is 13.6. The van der Waals surface area contributed by atoms with E-state index >= 15 is 0 Å². The lowest BCUT2D eigenvalue weighted by molar-refractivity contribution is -0.142. The van der Waals surface area contributed by atoms with Gasteiger partial charge in [0.1, 0.15) is 23.8 Å². The molecule has 25 heavy (non-hydrogen) atoms. The monoisotopic (exact) mass is 406 g/mol. The second-order valence-electron chi connectivity index (χ2n) is 5.44. The zero-order valence-corrected chi connectivity index (χ0v) is 15.1. The summed E-state index contributed by atoms with van der Waals surface area (Å²) in [6, 6.07) is 9.80. The summed E-state index contributed by atoms with van der Waals surface area (Å²) < 4.78 is 30.5. The lowest BCUT2D eigenvalue weighted by atomic mass is 10.1. The van der Waals surface area contributed by atoms with Crippen LogP contribution in [0.3, 0.4) is 0 Å². The molecule has 1 aromatic heterocycles. The minimum absolute atomic E-state index is 0.0356. The molecule has 0 aliphatic carbocycles. The maximum absolute atomic E-state index is 13.6. The molecule has 0 aliphatic heterocycles. The van der Waals surface area contributed by atoms with E-state index in [2.05, 4.69) is 15.9 Å². The van der Waals surface area contributed by atoms with E-state index in [1.165, 1.54) is 18.2 Å². The van der Waals surface area contributed by atoms with Gasteiger partial charge in [0, 0.05) is 17.0 Å². The first kappa shape index (κ1) is 17.5. The number of fused-ring (bicyclic) bond motifs is 1. The summed E-state index contributed by atoms with van der Waals surface area (Å²) in [5.74, 6) is -0.466. The highest BCUT2D eigenvalue weighted by Crippen LogP contribution is 2.28. The number of furan rings is 1. The summed E-state index contributed by atoms with van der Waals surface area (Å²) in [4.78, 5) is 11.7. The van der Waals surface area contributed by atoms with Crippen LogP contribution < -0.4 is 4.74 Å². The number of benzene rings is 2. The highest BCUT2D eigenvalue weighted by Gasteiger charge is 2.12. The SMILES string of the molecule is CCOC(=O)Cc1ccc(F)cc1OCc1cc(Br)c2occc2c1. The minimum Gasteiger partial charge on any atom is -0.488 e. The van der Waals surface area contributed by atoms with Gasteiger partial charge < -0.3 is 13.9 Å². The Labute approximate surface area is 152 Å². The fourth-order valence-electron chi connectivity index (χ4n) is 2.52. The van der Waals surface area contributed by atoms with Crippen molar-refractivity contribution in [2.24, 2.45) is 0 Å². The van der Waals surface area contributed by atoms with Crippen LogP contribution in [0.4, 0.5) is 4.39 Å². The predicted octanol–water partition coefficient (Wildman–Crippen LogP) is 5.02. The highest BCUT2D eigenvalue weighted by atomic mass is 79.9. The number of halogens is 2. The average molecular weight is 407 g/mol. The molecule has 0 N–H and O–H groups in total.